The number of para-hydroxylation sites is 1. The van der Waals surface area contributed by atoms with Gasteiger partial charge in [0.05, 0.1) is 16.9 Å². The van der Waals surface area contributed by atoms with Crippen LogP contribution < -0.4 is 5.32 Å². The Hall–Kier alpha value is -1.81. The van der Waals surface area contributed by atoms with Crippen molar-refractivity contribution in [2.24, 2.45) is 5.92 Å². The van der Waals surface area contributed by atoms with Gasteiger partial charge in [0, 0.05) is 6.04 Å². The molecule has 112 valence electrons. The molecule has 1 amide bonds. The number of hydrogen-bond donors (Lipinski definition) is 1. The maximum Gasteiger partial charge on any atom is 0.256 e. The molecule has 0 saturated carbocycles. The Kier molecular flexibility index (Phi) is 4.68. The van der Waals surface area contributed by atoms with Crippen molar-refractivity contribution in [1.82, 2.24) is 15.1 Å². The van der Waals surface area contributed by atoms with Crippen molar-refractivity contribution in [1.29, 1.82) is 0 Å². The van der Waals surface area contributed by atoms with Gasteiger partial charge in [0.25, 0.3) is 5.91 Å². The quantitative estimate of drug-likeness (QED) is 0.938. The molecule has 0 saturated heterocycles. The number of nitrogens with zero attached hydrogens (tertiary/aromatic N) is 2. The Morgan fingerprint density at radius 1 is 1.24 bits per heavy atom. The second kappa shape index (κ2) is 6.31. The van der Waals surface area contributed by atoms with E-state index in [1.54, 1.807) is 11.6 Å². The Labute approximate surface area is 130 Å². The molecule has 0 aliphatic rings. The van der Waals surface area contributed by atoms with Gasteiger partial charge in [-0.25, -0.2) is 4.68 Å². The van der Waals surface area contributed by atoms with Crippen LogP contribution in [0, 0.1) is 12.8 Å². The summed E-state index contributed by atoms with van der Waals surface area (Å²) >= 11 is 6.36. The molecule has 2 aromatic rings. The number of carbonyl (C=O) groups excluding carboxylic acids is 1. The lowest BCUT2D eigenvalue weighted by Gasteiger charge is -2.17. The van der Waals surface area contributed by atoms with Gasteiger partial charge in [0.2, 0.25) is 0 Å². The summed E-state index contributed by atoms with van der Waals surface area (Å²) in [5.74, 6) is 0.179. The SMILES string of the molecule is Cc1nn(-c2ccccc2)c(Cl)c1C(=O)NC(C)C(C)C. The average Bonchev–Trinajstić information content (AvgIpc) is 2.74. The molecule has 0 fully saturated rings. The van der Waals surface area contributed by atoms with E-state index >= 15 is 0 Å². The van der Waals surface area contributed by atoms with E-state index < -0.39 is 0 Å². The number of halogens is 1. The van der Waals surface area contributed by atoms with Crippen molar-refractivity contribution in [2.75, 3.05) is 0 Å². The first-order chi connectivity index (χ1) is 9.91. The van der Waals surface area contributed by atoms with E-state index in [-0.39, 0.29) is 11.9 Å². The van der Waals surface area contributed by atoms with Crippen molar-refractivity contribution < 1.29 is 4.79 Å². The highest BCUT2D eigenvalue weighted by Gasteiger charge is 2.22. The molecule has 1 N–H and O–H groups in total. The minimum atomic E-state index is -0.180. The molecule has 1 atom stereocenters. The zero-order valence-corrected chi connectivity index (χ0v) is 13.5. The van der Waals surface area contributed by atoms with E-state index in [1.807, 2.05) is 37.3 Å². The van der Waals surface area contributed by atoms with Gasteiger partial charge in [-0.15, -0.1) is 0 Å². The molecule has 0 aliphatic heterocycles. The van der Waals surface area contributed by atoms with Gasteiger partial charge in [-0.3, -0.25) is 4.79 Å². The topological polar surface area (TPSA) is 46.9 Å². The number of nitrogens with one attached hydrogen (secondary N) is 1. The summed E-state index contributed by atoms with van der Waals surface area (Å²) in [5.41, 5.74) is 1.90. The molecule has 1 aromatic heterocycles. The van der Waals surface area contributed by atoms with E-state index in [9.17, 15) is 4.79 Å². The Morgan fingerprint density at radius 2 is 1.86 bits per heavy atom. The lowest BCUT2D eigenvalue weighted by Crippen LogP contribution is -2.36. The first kappa shape index (κ1) is 15.6. The number of amides is 1. The minimum Gasteiger partial charge on any atom is -0.349 e. The van der Waals surface area contributed by atoms with Crippen LogP contribution in [0.3, 0.4) is 0 Å². The van der Waals surface area contributed by atoms with Crippen LogP contribution in [0.5, 0.6) is 0 Å². The van der Waals surface area contributed by atoms with Crippen molar-refractivity contribution >= 4 is 17.5 Å². The zero-order valence-electron chi connectivity index (χ0n) is 12.7. The summed E-state index contributed by atoms with van der Waals surface area (Å²) in [6.45, 7) is 7.90. The Bertz CT molecular complexity index is 634. The molecule has 1 unspecified atom stereocenters. The second-order valence-corrected chi connectivity index (χ2v) is 5.86. The summed E-state index contributed by atoms with van der Waals surface area (Å²) in [5, 5.41) is 7.68. The van der Waals surface area contributed by atoms with Crippen molar-refractivity contribution in [3.05, 3.63) is 46.7 Å². The van der Waals surface area contributed by atoms with E-state index in [0.717, 1.165) is 5.69 Å². The lowest BCUT2D eigenvalue weighted by atomic mass is 10.1. The number of benzene rings is 1. The van der Waals surface area contributed by atoms with Gasteiger partial charge in [0.1, 0.15) is 5.15 Å². The van der Waals surface area contributed by atoms with Crippen LogP contribution in [0.4, 0.5) is 0 Å². The van der Waals surface area contributed by atoms with Crippen molar-refractivity contribution in [3.63, 3.8) is 0 Å². The van der Waals surface area contributed by atoms with Gasteiger partial charge >= 0.3 is 0 Å². The van der Waals surface area contributed by atoms with Crippen LogP contribution >= 0.6 is 11.6 Å². The fraction of sp³-hybridized carbons (Fsp3) is 0.375. The number of aromatic nitrogens is 2. The van der Waals surface area contributed by atoms with Crippen LogP contribution in [0.2, 0.25) is 5.15 Å². The summed E-state index contributed by atoms with van der Waals surface area (Å²) in [6.07, 6.45) is 0. The van der Waals surface area contributed by atoms with E-state index in [0.29, 0.717) is 22.3 Å². The maximum absolute atomic E-state index is 12.4. The largest absolute Gasteiger partial charge is 0.349 e. The summed E-state index contributed by atoms with van der Waals surface area (Å²) < 4.78 is 1.59. The highest BCUT2D eigenvalue weighted by Crippen LogP contribution is 2.23. The number of carbonyl (C=O) groups is 1. The number of hydrogen-bond acceptors (Lipinski definition) is 2. The second-order valence-electron chi connectivity index (χ2n) is 5.50. The minimum absolute atomic E-state index is 0.0769. The summed E-state index contributed by atoms with van der Waals surface area (Å²) in [6, 6.07) is 9.61. The van der Waals surface area contributed by atoms with Crippen molar-refractivity contribution in [3.8, 4) is 5.69 Å². The molecule has 0 aliphatic carbocycles. The zero-order chi connectivity index (χ0) is 15.6. The van der Waals surface area contributed by atoms with Gasteiger partial charge in [-0.05, 0) is 31.9 Å². The van der Waals surface area contributed by atoms with Gasteiger partial charge in [-0.1, -0.05) is 43.6 Å². The van der Waals surface area contributed by atoms with Gasteiger partial charge < -0.3 is 5.32 Å². The molecule has 1 aromatic carbocycles. The van der Waals surface area contributed by atoms with E-state index in [1.165, 1.54) is 0 Å². The molecule has 2 rings (SSSR count). The highest BCUT2D eigenvalue weighted by molar-refractivity contribution is 6.33. The first-order valence-electron chi connectivity index (χ1n) is 7.03. The number of aryl methyl sites for hydroxylation is 1. The molecular weight excluding hydrogens is 286 g/mol. The molecule has 4 nitrogen and oxygen atoms in total. The molecule has 0 bridgehead atoms. The van der Waals surface area contributed by atoms with Crippen LogP contribution in [0.25, 0.3) is 5.69 Å². The fourth-order valence-electron chi connectivity index (χ4n) is 1.94. The van der Waals surface area contributed by atoms with Crippen LogP contribution in [0.15, 0.2) is 30.3 Å². The number of rotatable bonds is 4. The first-order valence-corrected chi connectivity index (χ1v) is 7.41. The van der Waals surface area contributed by atoms with Crippen LogP contribution in [0.1, 0.15) is 36.8 Å². The Morgan fingerprint density at radius 3 is 2.43 bits per heavy atom. The predicted molar refractivity (Wildman–Crippen MR) is 85.1 cm³/mol. The standard InChI is InChI=1S/C16H20ClN3O/c1-10(2)11(3)18-16(21)14-12(4)19-20(15(14)17)13-8-6-5-7-9-13/h5-11H,1-4H3,(H,18,21). The third kappa shape index (κ3) is 3.27. The predicted octanol–water partition coefficient (Wildman–Crippen LogP) is 3.61. The third-order valence-corrected chi connectivity index (χ3v) is 3.94. The van der Waals surface area contributed by atoms with E-state index in [4.69, 9.17) is 11.6 Å². The van der Waals surface area contributed by atoms with Gasteiger partial charge in [-0.2, -0.15) is 5.10 Å². The monoisotopic (exact) mass is 305 g/mol. The Balaban J connectivity index is 2.34. The molecule has 21 heavy (non-hydrogen) atoms. The van der Waals surface area contributed by atoms with Crippen molar-refractivity contribution in [2.45, 2.75) is 33.7 Å². The summed E-state index contributed by atoms with van der Waals surface area (Å²) in [7, 11) is 0. The molecule has 1 heterocycles. The summed E-state index contributed by atoms with van der Waals surface area (Å²) in [4.78, 5) is 12.4. The molecule has 0 spiro atoms. The smallest absolute Gasteiger partial charge is 0.256 e. The molecular formula is C16H20ClN3O. The van der Waals surface area contributed by atoms with Crippen LogP contribution in [-0.2, 0) is 0 Å². The van der Waals surface area contributed by atoms with Crippen LogP contribution in [-0.4, -0.2) is 21.7 Å². The van der Waals surface area contributed by atoms with E-state index in [2.05, 4.69) is 24.3 Å². The molecule has 0 radical (unpaired) electrons. The maximum atomic E-state index is 12.4. The highest BCUT2D eigenvalue weighted by atomic mass is 35.5. The third-order valence-electron chi connectivity index (χ3n) is 3.59. The average molecular weight is 306 g/mol. The van der Waals surface area contributed by atoms with Gasteiger partial charge in [0.15, 0.2) is 0 Å². The normalized spacial score (nSPS) is 12.5. The fourth-order valence-corrected chi connectivity index (χ4v) is 2.30. The molecule has 5 heteroatoms. The lowest BCUT2D eigenvalue weighted by molar-refractivity contribution is 0.0930.